The van der Waals surface area contributed by atoms with Gasteiger partial charge in [-0.1, -0.05) is 0 Å². The fourth-order valence-corrected chi connectivity index (χ4v) is 54.3. The first-order valence-electron chi connectivity index (χ1n) is 25.6. The van der Waals surface area contributed by atoms with Crippen LogP contribution in [0, 0.1) is 0 Å². The molecule has 0 rings (SSSR count). The lowest BCUT2D eigenvalue weighted by Gasteiger charge is -2.44. The summed E-state index contributed by atoms with van der Waals surface area (Å²) in [5, 5.41) is 19.0. The molecule has 70 heavy (non-hydrogen) atoms. The maximum absolute atomic E-state index is 9.52. The van der Waals surface area contributed by atoms with Gasteiger partial charge in [0.1, 0.15) is 0 Å². The summed E-state index contributed by atoms with van der Waals surface area (Å²) in [7, 11) is -24.4. The van der Waals surface area contributed by atoms with Crippen LogP contribution < -0.4 is 0 Å². The smallest absolute Gasteiger partial charge is 0.319 e. The predicted octanol–water partition coefficient (Wildman–Crippen LogP) is 9.42. The van der Waals surface area contributed by atoms with E-state index in [0.29, 0.717) is 96.9 Å². The van der Waals surface area contributed by atoms with E-state index in [4.69, 9.17) is 66.1 Å². The van der Waals surface area contributed by atoms with Crippen LogP contribution in [0.25, 0.3) is 0 Å². The second kappa shape index (κ2) is 32.4. The lowest BCUT2D eigenvalue weighted by atomic mass is 10.4. The van der Waals surface area contributed by atoms with Crippen LogP contribution in [0.5, 0.6) is 0 Å². The average Bonchev–Trinajstić information content (AvgIpc) is 3.08. The number of rotatable bonds is 44. The van der Waals surface area contributed by atoms with Gasteiger partial charge >= 0.3 is 51.4 Å². The van der Waals surface area contributed by atoms with Crippen molar-refractivity contribution in [3.8, 4) is 0 Å². The van der Waals surface area contributed by atoms with Gasteiger partial charge < -0.3 is 76.3 Å². The summed E-state index contributed by atoms with van der Waals surface area (Å²) in [4.78, 5) is 0. The molecule has 0 radical (unpaired) electrons. The Hall–Kier alpha value is 1.49. The maximum atomic E-state index is 9.52. The lowest BCUT2D eigenvalue weighted by Crippen LogP contribution is -2.60. The summed E-state index contributed by atoms with van der Waals surface area (Å²) in [6, 6.07) is 2.51. The van der Waals surface area contributed by atoms with Crippen LogP contribution in [0.1, 0.15) is 20.8 Å². The van der Waals surface area contributed by atoms with Crippen LogP contribution in [-0.2, 0) is 66.1 Å². The van der Waals surface area contributed by atoms with Crippen molar-refractivity contribution in [2.45, 2.75) is 194 Å². The molecule has 2 N–H and O–H groups in total. The van der Waals surface area contributed by atoms with E-state index in [9.17, 15) is 10.2 Å². The molecule has 0 saturated carbocycles. The molecule has 0 fully saturated rings. The molecule has 0 aliphatic carbocycles. The molecular weight excluding hydrogens is 1070 g/mol. The molecule has 0 aromatic carbocycles. The van der Waals surface area contributed by atoms with Crippen LogP contribution >= 0.6 is 0 Å². The molecule has 0 aromatic rings. The molecule has 0 spiro atoms. The van der Waals surface area contributed by atoms with E-state index in [0.717, 1.165) is 0 Å². The van der Waals surface area contributed by atoms with Crippen molar-refractivity contribution >= 4 is 84.6 Å². The van der Waals surface area contributed by atoms with Crippen molar-refractivity contribution in [3.05, 3.63) is 0 Å². The summed E-state index contributed by atoms with van der Waals surface area (Å²) >= 11 is 0. The molecule has 7 unspecified atom stereocenters. The largest absolute Gasteiger partial charge is 0.437 e. The Morgan fingerprint density at radius 2 is 0.543 bits per heavy atom. The van der Waals surface area contributed by atoms with Crippen molar-refractivity contribution < 1.29 is 76.3 Å². The molecule has 0 bridgehead atoms. The molecule has 0 heterocycles. The third-order valence-corrected chi connectivity index (χ3v) is 45.1. The van der Waals surface area contributed by atoms with E-state index >= 15 is 0 Å². The summed E-state index contributed by atoms with van der Waals surface area (Å²) in [5.41, 5.74) is 0. The molecule has 0 saturated heterocycles. The highest BCUT2D eigenvalue weighted by molar-refractivity contribution is 6.92. The Morgan fingerprint density at radius 1 is 0.286 bits per heavy atom. The second-order valence-electron chi connectivity index (χ2n) is 24.0. The molecule has 27 heteroatoms. The molecule has 422 valence electrons. The number of hydrogen-bond acceptors (Lipinski definition) is 17. The topological polar surface area (TPSA) is 179 Å². The zero-order chi connectivity index (χ0) is 54.4. The van der Waals surface area contributed by atoms with Gasteiger partial charge in [0.05, 0.1) is 77.8 Å². The minimum absolute atomic E-state index is 0.152. The average molecular weight is 1180 g/mol. The molecule has 0 aliphatic rings. The van der Waals surface area contributed by atoms with E-state index in [1.54, 1.807) is 13.8 Å². The van der Waals surface area contributed by atoms with Gasteiger partial charge in [-0.05, 0) is 152 Å². The van der Waals surface area contributed by atoms with Crippen molar-refractivity contribution in [2.75, 3.05) is 85.9 Å². The third-order valence-electron chi connectivity index (χ3n) is 9.18. The number of hydrogen-bond donors (Lipinski definition) is 2. The van der Waals surface area contributed by atoms with Crippen LogP contribution in [0.2, 0.25) is 155 Å². The summed E-state index contributed by atoms with van der Waals surface area (Å²) < 4.78 is 97.1. The maximum Gasteiger partial charge on any atom is 0.319 e. The van der Waals surface area contributed by atoms with Gasteiger partial charge in [0.15, 0.2) is 33.3 Å². The van der Waals surface area contributed by atoms with E-state index in [1.807, 2.05) is 6.92 Å². The number of aliphatic hydroxyl groups is 2. The van der Waals surface area contributed by atoms with Gasteiger partial charge in [-0.2, -0.15) is 0 Å². The van der Waals surface area contributed by atoms with Gasteiger partial charge in [0, 0.05) is 50.6 Å². The third kappa shape index (κ3) is 40.7. The van der Waals surface area contributed by atoms with Crippen LogP contribution in [0.4, 0.5) is 0 Å². The summed E-state index contributed by atoms with van der Waals surface area (Å²) in [6.07, 6.45) is -1.18. The van der Waals surface area contributed by atoms with Crippen LogP contribution in [-0.4, -0.2) is 199 Å². The van der Waals surface area contributed by atoms with E-state index in [-0.39, 0.29) is 19.3 Å². The zero-order valence-electron chi connectivity index (χ0n) is 48.8. The standard InChI is InChI=1S/C43H108O17Si10/c1-41(44)38-49-27-24-46-31-35-69(22,57-65(16,17)53-61(4,5)6)59-67(20,55-63(10,11)12)34-30-48-26-29-51-40-43(3)52-33-37-68(21,56-64(13,14)15)60-70(23,58-66(18,19)54-62(7,8)9)36-32-47-25-28-50-39-42(2)45/h41-45H,24-40H2,1-23H3. The van der Waals surface area contributed by atoms with Gasteiger partial charge in [-0.15, -0.1) is 0 Å². The van der Waals surface area contributed by atoms with Crippen LogP contribution in [0.3, 0.4) is 0 Å². The minimum Gasteiger partial charge on any atom is -0.437 e. The quantitative estimate of drug-likeness (QED) is 0.0435. The van der Waals surface area contributed by atoms with Crippen molar-refractivity contribution in [2.24, 2.45) is 0 Å². The predicted molar refractivity (Wildman–Crippen MR) is 306 cm³/mol. The fraction of sp³-hybridized carbons (Fsp3) is 1.00. The number of ether oxygens (including phenoxy) is 7. The minimum atomic E-state index is -2.90. The number of aliphatic hydroxyl groups excluding tert-OH is 2. The van der Waals surface area contributed by atoms with E-state index < -0.39 is 96.8 Å². The zero-order valence-corrected chi connectivity index (χ0v) is 58.8. The molecule has 7 atom stereocenters. The summed E-state index contributed by atoms with van der Waals surface area (Å²) in [5.74, 6) is 0. The highest BCUT2D eigenvalue weighted by Crippen LogP contribution is 2.32. The normalized spacial score (nSPS) is 18.5. The van der Waals surface area contributed by atoms with Crippen molar-refractivity contribution in [1.29, 1.82) is 0 Å². The second-order valence-corrected chi connectivity index (χ2v) is 64.1. The van der Waals surface area contributed by atoms with E-state index in [2.05, 4.69) is 131 Å². The first-order valence-corrected chi connectivity index (χ1v) is 55.0. The summed E-state index contributed by atoms with van der Waals surface area (Å²) in [6.45, 7) is 54.0. The molecule has 0 amide bonds. The van der Waals surface area contributed by atoms with Crippen molar-refractivity contribution in [3.63, 3.8) is 0 Å². The first kappa shape index (κ1) is 71.5. The Labute approximate surface area is 438 Å². The Morgan fingerprint density at radius 3 is 0.829 bits per heavy atom. The van der Waals surface area contributed by atoms with Gasteiger partial charge in [-0.25, -0.2) is 0 Å². The van der Waals surface area contributed by atoms with E-state index in [1.165, 1.54) is 0 Å². The van der Waals surface area contributed by atoms with Crippen LogP contribution in [0.15, 0.2) is 0 Å². The first-order chi connectivity index (χ1) is 31.6. The molecular formula is C43H108O17Si10. The lowest BCUT2D eigenvalue weighted by molar-refractivity contribution is -0.0197. The highest BCUT2D eigenvalue weighted by Gasteiger charge is 2.50. The molecule has 0 aliphatic heterocycles. The SMILES string of the molecule is CC(O)COCCOCC[Si](C)(O[Si](C)(C)O[Si](C)(C)C)O[Si](C)(CCOCCOCC(C)OCC[Si](C)(O[Si](C)(C)C)O[Si](C)(CCOCCOCC(C)O)O[Si](C)(C)O[Si](C)(C)C)O[Si](C)(C)C. The Balaban J connectivity index is 5.63. The van der Waals surface area contributed by atoms with Gasteiger partial charge in [0.25, 0.3) is 0 Å². The monoisotopic (exact) mass is 1180 g/mol. The fourth-order valence-electron chi connectivity index (χ4n) is 7.94. The van der Waals surface area contributed by atoms with Gasteiger partial charge in [0.2, 0.25) is 0 Å². The Kier molecular flexibility index (Phi) is 33.1. The highest BCUT2D eigenvalue weighted by atomic mass is 28.5. The molecule has 0 aromatic heterocycles. The Bertz CT molecular complexity index is 1390. The van der Waals surface area contributed by atoms with Crippen molar-refractivity contribution in [1.82, 2.24) is 0 Å². The molecule has 17 nitrogen and oxygen atoms in total. The van der Waals surface area contributed by atoms with Gasteiger partial charge in [-0.3, -0.25) is 0 Å².